The highest BCUT2D eigenvalue weighted by molar-refractivity contribution is 6.91. The third-order valence-corrected chi connectivity index (χ3v) is 16.1. The summed E-state index contributed by atoms with van der Waals surface area (Å²) in [6.07, 6.45) is 3.64. The Hall–Kier alpha value is -0.806. The molecule has 2 rings (SSSR count). The first kappa shape index (κ1) is 23.5. The normalized spacial score (nSPS) is 22.9. The van der Waals surface area contributed by atoms with E-state index in [1.807, 2.05) is 0 Å². The van der Waals surface area contributed by atoms with E-state index in [-0.39, 0.29) is 5.04 Å². The molecule has 0 aliphatic heterocycles. The average molecular weight is 417 g/mol. The molecule has 0 fully saturated rings. The Morgan fingerprint density at radius 3 is 2.14 bits per heavy atom. The molecule has 1 aromatic carbocycles. The minimum absolute atomic E-state index is 0.239. The molecule has 0 bridgehead atoms. The van der Waals surface area contributed by atoms with Gasteiger partial charge in [0.1, 0.15) is 0 Å². The van der Waals surface area contributed by atoms with E-state index < -0.39 is 16.4 Å². The van der Waals surface area contributed by atoms with Gasteiger partial charge in [0.2, 0.25) is 8.32 Å². The van der Waals surface area contributed by atoms with Crippen molar-refractivity contribution in [3.8, 4) is 0 Å². The molecule has 0 spiro atoms. The number of benzene rings is 1. The highest BCUT2D eigenvalue weighted by Gasteiger charge is 2.45. The van der Waals surface area contributed by atoms with Gasteiger partial charge >= 0.3 is 0 Å². The second-order valence-electron chi connectivity index (χ2n) is 11.2. The van der Waals surface area contributed by atoms with Crippen LogP contribution in [-0.2, 0) is 4.43 Å². The molecule has 3 atom stereocenters. The summed E-state index contributed by atoms with van der Waals surface area (Å²) in [4.78, 5) is 0. The van der Waals surface area contributed by atoms with Gasteiger partial charge in [-0.25, -0.2) is 0 Å². The summed E-state index contributed by atoms with van der Waals surface area (Å²) in [5.74, 6) is 2.68. The smallest absolute Gasteiger partial charge is 0.250 e. The van der Waals surface area contributed by atoms with E-state index in [4.69, 9.17) is 4.43 Å². The molecule has 0 heterocycles. The molecule has 1 aliphatic carbocycles. The second kappa shape index (κ2) is 8.51. The van der Waals surface area contributed by atoms with Crippen molar-refractivity contribution >= 4 is 21.6 Å². The van der Waals surface area contributed by atoms with Crippen LogP contribution in [0.1, 0.15) is 60.8 Å². The zero-order chi connectivity index (χ0) is 21.3. The SMILES string of the molecule is CC[C@@H](C)C1=C(O[Si](C)(C)C(C)(C)C)C[C@H](C)C[C@H]1[Si](C)(C)c1ccccc1. The van der Waals surface area contributed by atoms with Crippen molar-refractivity contribution in [3.05, 3.63) is 41.7 Å². The minimum atomic E-state index is -1.83. The lowest BCUT2D eigenvalue weighted by Crippen LogP contribution is -2.49. The van der Waals surface area contributed by atoms with Crippen LogP contribution in [-0.4, -0.2) is 16.4 Å². The van der Waals surface area contributed by atoms with Crippen molar-refractivity contribution in [3.63, 3.8) is 0 Å². The maximum Gasteiger partial charge on any atom is 0.250 e. The third-order valence-electron chi connectivity index (χ3n) is 7.59. The van der Waals surface area contributed by atoms with Crippen LogP contribution in [0.25, 0.3) is 0 Å². The second-order valence-corrected chi connectivity index (χ2v) is 20.7. The van der Waals surface area contributed by atoms with Gasteiger partial charge in [-0.2, -0.15) is 0 Å². The summed E-state index contributed by atoms with van der Waals surface area (Å²) in [5.41, 5.74) is 2.35. The zero-order valence-corrected chi connectivity index (χ0v) is 22.1. The van der Waals surface area contributed by atoms with Crippen LogP contribution in [0.15, 0.2) is 41.7 Å². The molecule has 0 amide bonds. The van der Waals surface area contributed by atoms with E-state index in [9.17, 15) is 0 Å². The largest absolute Gasteiger partial charge is 0.547 e. The molecule has 0 N–H and O–H groups in total. The summed E-state index contributed by atoms with van der Waals surface area (Å²) in [7, 11) is -3.48. The van der Waals surface area contributed by atoms with E-state index in [2.05, 4.69) is 98.1 Å². The minimum Gasteiger partial charge on any atom is -0.547 e. The van der Waals surface area contributed by atoms with Crippen LogP contribution < -0.4 is 5.19 Å². The van der Waals surface area contributed by atoms with Crippen molar-refractivity contribution in [2.24, 2.45) is 11.8 Å². The van der Waals surface area contributed by atoms with E-state index >= 15 is 0 Å². The van der Waals surface area contributed by atoms with Gasteiger partial charge in [0.25, 0.3) is 0 Å². The average Bonchev–Trinajstić information content (AvgIpc) is 2.60. The maximum atomic E-state index is 7.05. The van der Waals surface area contributed by atoms with Crippen LogP contribution in [0.5, 0.6) is 0 Å². The van der Waals surface area contributed by atoms with Gasteiger partial charge in [-0.05, 0) is 53.9 Å². The molecule has 0 radical (unpaired) electrons. The molecule has 3 heteroatoms. The van der Waals surface area contributed by atoms with Crippen molar-refractivity contribution in [1.82, 2.24) is 0 Å². The summed E-state index contributed by atoms with van der Waals surface area (Å²) >= 11 is 0. The van der Waals surface area contributed by atoms with Crippen molar-refractivity contribution < 1.29 is 4.43 Å². The lowest BCUT2D eigenvalue weighted by atomic mass is 9.82. The molecule has 0 saturated heterocycles. The van der Waals surface area contributed by atoms with E-state index in [0.717, 1.165) is 6.42 Å². The predicted octanol–water partition coefficient (Wildman–Crippen LogP) is 7.72. The quantitative estimate of drug-likeness (QED) is 0.431. The summed E-state index contributed by atoms with van der Waals surface area (Å²) in [6, 6.07) is 11.3. The predicted molar refractivity (Wildman–Crippen MR) is 130 cm³/mol. The molecule has 0 aromatic heterocycles. The van der Waals surface area contributed by atoms with Crippen molar-refractivity contribution in [1.29, 1.82) is 0 Å². The van der Waals surface area contributed by atoms with E-state index in [1.165, 1.54) is 18.6 Å². The molecule has 1 nitrogen and oxygen atoms in total. The van der Waals surface area contributed by atoms with Crippen LogP contribution in [0.2, 0.25) is 36.8 Å². The van der Waals surface area contributed by atoms with Crippen LogP contribution in [0, 0.1) is 11.8 Å². The Bertz CT molecular complexity index is 682. The Balaban J connectivity index is 2.58. The van der Waals surface area contributed by atoms with Crippen LogP contribution in [0.3, 0.4) is 0 Å². The van der Waals surface area contributed by atoms with E-state index in [1.54, 1.807) is 10.8 Å². The maximum absolute atomic E-state index is 7.05. The van der Waals surface area contributed by atoms with Gasteiger partial charge in [-0.3, -0.25) is 0 Å². The molecule has 0 unspecified atom stereocenters. The highest BCUT2D eigenvalue weighted by atomic mass is 28.4. The first-order chi connectivity index (χ1) is 12.8. The van der Waals surface area contributed by atoms with E-state index in [0.29, 0.717) is 17.4 Å². The Labute approximate surface area is 177 Å². The van der Waals surface area contributed by atoms with Crippen molar-refractivity contribution in [2.75, 3.05) is 0 Å². The van der Waals surface area contributed by atoms with Gasteiger partial charge in [0, 0.05) is 6.42 Å². The van der Waals surface area contributed by atoms with Crippen molar-refractivity contribution in [2.45, 2.75) is 97.6 Å². The van der Waals surface area contributed by atoms with Crippen LogP contribution >= 0.6 is 0 Å². The monoisotopic (exact) mass is 416 g/mol. The highest BCUT2D eigenvalue weighted by Crippen LogP contribution is 2.49. The molecular weight excluding hydrogens is 372 g/mol. The summed E-state index contributed by atoms with van der Waals surface area (Å²) < 4.78 is 7.05. The molecular formula is C25H44OSi2. The lowest BCUT2D eigenvalue weighted by molar-refractivity contribution is 0.300. The molecule has 1 aliphatic rings. The molecule has 158 valence electrons. The third kappa shape index (κ3) is 4.84. The lowest BCUT2D eigenvalue weighted by Gasteiger charge is -2.46. The van der Waals surface area contributed by atoms with Gasteiger partial charge in [0.15, 0.2) is 0 Å². The van der Waals surface area contributed by atoms with Gasteiger partial charge < -0.3 is 4.43 Å². The summed E-state index contributed by atoms with van der Waals surface area (Å²) in [6.45, 7) is 24.3. The number of hydrogen-bond acceptors (Lipinski definition) is 1. The topological polar surface area (TPSA) is 9.23 Å². The van der Waals surface area contributed by atoms with Gasteiger partial charge in [0.05, 0.1) is 13.8 Å². The fourth-order valence-electron chi connectivity index (χ4n) is 4.39. The number of rotatable bonds is 6. The van der Waals surface area contributed by atoms with Crippen LogP contribution in [0.4, 0.5) is 0 Å². The standard InChI is InChI=1S/C25H44OSi2/c1-11-20(3)24-22(26-28(9,10)25(4,5)6)17-19(2)18-23(24)27(7,8)21-15-13-12-14-16-21/h12-16,19-20,23H,11,17-18H2,1-10H3/t19-,20+,23+/m0/s1. The summed E-state index contributed by atoms with van der Waals surface area (Å²) in [5, 5.41) is 1.82. The fraction of sp³-hybridized carbons (Fsp3) is 0.680. The Kier molecular flexibility index (Phi) is 7.14. The van der Waals surface area contributed by atoms with Gasteiger partial charge in [-0.1, -0.05) is 90.2 Å². The Morgan fingerprint density at radius 2 is 1.64 bits per heavy atom. The molecule has 1 aromatic rings. The first-order valence-electron chi connectivity index (χ1n) is 11.3. The first-order valence-corrected chi connectivity index (χ1v) is 17.3. The molecule has 0 saturated carbocycles. The fourth-order valence-corrected chi connectivity index (χ4v) is 9.19. The number of hydrogen-bond donors (Lipinski definition) is 0. The number of allylic oxidation sites excluding steroid dienone is 2. The Morgan fingerprint density at radius 1 is 1.07 bits per heavy atom. The zero-order valence-electron chi connectivity index (χ0n) is 20.1. The molecule has 28 heavy (non-hydrogen) atoms. The van der Waals surface area contributed by atoms with Gasteiger partial charge in [-0.15, -0.1) is 0 Å².